The zero-order chi connectivity index (χ0) is 14.8. The Balaban J connectivity index is 1.87. The lowest BCUT2D eigenvalue weighted by molar-refractivity contribution is 0.428. The molecule has 1 atom stereocenters. The van der Waals surface area contributed by atoms with Crippen molar-refractivity contribution in [2.75, 3.05) is 6.54 Å². The Labute approximate surface area is 132 Å². The topological polar surface area (TPSA) is 12.0 Å². The van der Waals surface area contributed by atoms with E-state index >= 15 is 0 Å². The molecule has 0 fully saturated rings. The molecule has 0 radical (unpaired) electrons. The largest absolute Gasteiger partial charge is 0.309 e. The lowest BCUT2D eigenvalue weighted by atomic mass is 10.0. The molecule has 2 aromatic rings. The van der Waals surface area contributed by atoms with Crippen molar-refractivity contribution in [2.24, 2.45) is 5.92 Å². The van der Waals surface area contributed by atoms with Gasteiger partial charge in [0.15, 0.2) is 0 Å². The van der Waals surface area contributed by atoms with Crippen LogP contribution in [0.2, 0.25) is 0 Å². The Bertz CT molecular complexity index is 612. The van der Waals surface area contributed by atoms with Crippen LogP contribution in [0, 0.1) is 5.92 Å². The highest BCUT2D eigenvalue weighted by Gasteiger charge is 2.18. The molecule has 0 bridgehead atoms. The average Bonchev–Trinajstić information content (AvgIpc) is 3.12. The van der Waals surface area contributed by atoms with Crippen LogP contribution in [0.15, 0.2) is 30.3 Å². The van der Waals surface area contributed by atoms with E-state index in [0.29, 0.717) is 12.0 Å². The highest BCUT2D eigenvalue weighted by Crippen LogP contribution is 2.36. The summed E-state index contributed by atoms with van der Waals surface area (Å²) in [5.41, 5.74) is 4.52. The summed E-state index contributed by atoms with van der Waals surface area (Å²) in [6.45, 7) is 7.80. The Morgan fingerprint density at radius 2 is 1.90 bits per heavy atom. The first kappa shape index (κ1) is 14.8. The predicted molar refractivity (Wildman–Crippen MR) is 93.0 cm³/mol. The van der Waals surface area contributed by atoms with Gasteiger partial charge in [-0.2, -0.15) is 0 Å². The third-order valence-electron chi connectivity index (χ3n) is 4.41. The number of rotatable bonds is 5. The van der Waals surface area contributed by atoms with Crippen molar-refractivity contribution in [3.8, 4) is 10.4 Å². The number of aryl methyl sites for hydroxylation is 2. The zero-order valence-corrected chi connectivity index (χ0v) is 14.1. The van der Waals surface area contributed by atoms with Gasteiger partial charge in [0.2, 0.25) is 0 Å². The first-order valence-electron chi connectivity index (χ1n) is 8.14. The lowest BCUT2D eigenvalue weighted by Gasteiger charge is -2.20. The second-order valence-corrected chi connectivity index (χ2v) is 7.43. The van der Waals surface area contributed by atoms with E-state index in [4.69, 9.17) is 0 Å². The van der Waals surface area contributed by atoms with E-state index in [1.807, 2.05) is 11.3 Å². The van der Waals surface area contributed by atoms with Crippen molar-refractivity contribution in [1.82, 2.24) is 5.32 Å². The van der Waals surface area contributed by atoms with Gasteiger partial charge < -0.3 is 5.32 Å². The van der Waals surface area contributed by atoms with Crippen molar-refractivity contribution in [2.45, 2.75) is 46.1 Å². The monoisotopic (exact) mass is 299 g/mol. The SMILES string of the molecule is CCNC(c1ccc(-c2ccc3c(c2)CCC3)s1)C(C)C. The van der Waals surface area contributed by atoms with E-state index in [1.165, 1.54) is 34.6 Å². The quantitative estimate of drug-likeness (QED) is 0.799. The molecule has 3 rings (SSSR count). The molecular weight excluding hydrogens is 274 g/mol. The fourth-order valence-corrected chi connectivity index (χ4v) is 4.54. The fourth-order valence-electron chi connectivity index (χ4n) is 3.28. The minimum Gasteiger partial charge on any atom is -0.309 e. The number of hydrogen-bond donors (Lipinski definition) is 1. The van der Waals surface area contributed by atoms with Gasteiger partial charge in [0.1, 0.15) is 0 Å². The molecule has 2 heteroatoms. The van der Waals surface area contributed by atoms with Crippen molar-refractivity contribution >= 4 is 11.3 Å². The second-order valence-electron chi connectivity index (χ2n) is 6.32. The van der Waals surface area contributed by atoms with Crippen LogP contribution in [0.5, 0.6) is 0 Å². The van der Waals surface area contributed by atoms with Crippen molar-refractivity contribution in [3.05, 3.63) is 46.3 Å². The molecule has 0 aliphatic heterocycles. The van der Waals surface area contributed by atoms with E-state index < -0.39 is 0 Å². The molecule has 1 nitrogen and oxygen atoms in total. The van der Waals surface area contributed by atoms with Gasteiger partial charge in [0.25, 0.3) is 0 Å². The minimum absolute atomic E-state index is 0.475. The lowest BCUT2D eigenvalue weighted by Crippen LogP contribution is -2.24. The van der Waals surface area contributed by atoms with Crippen LogP contribution < -0.4 is 5.32 Å². The van der Waals surface area contributed by atoms with Gasteiger partial charge in [-0.25, -0.2) is 0 Å². The Hall–Kier alpha value is -1.12. The number of nitrogens with one attached hydrogen (secondary N) is 1. The van der Waals surface area contributed by atoms with Crippen LogP contribution in [0.1, 0.15) is 49.2 Å². The summed E-state index contributed by atoms with van der Waals surface area (Å²) in [5.74, 6) is 0.622. The summed E-state index contributed by atoms with van der Waals surface area (Å²) in [6.07, 6.45) is 3.85. The molecule has 1 aliphatic rings. The maximum absolute atomic E-state index is 3.62. The van der Waals surface area contributed by atoms with E-state index in [-0.39, 0.29) is 0 Å². The van der Waals surface area contributed by atoms with Crippen LogP contribution in [0.3, 0.4) is 0 Å². The average molecular weight is 299 g/mol. The number of benzene rings is 1. The van der Waals surface area contributed by atoms with Gasteiger partial charge in [0, 0.05) is 15.8 Å². The summed E-state index contributed by atoms with van der Waals surface area (Å²) < 4.78 is 0. The number of hydrogen-bond acceptors (Lipinski definition) is 2. The van der Waals surface area contributed by atoms with Crippen LogP contribution >= 0.6 is 11.3 Å². The molecular formula is C19H25NS. The number of thiophene rings is 1. The third-order valence-corrected chi connectivity index (χ3v) is 5.62. The van der Waals surface area contributed by atoms with E-state index in [2.05, 4.69) is 56.4 Å². The van der Waals surface area contributed by atoms with Gasteiger partial charge in [-0.05, 0) is 60.5 Å². The summed E-state index contributed by atoms with van der Waals surface area (Å²) in [6, 6.07) is 12.1. The van der Waals surface area contributed by atoms with E-state index in [1.54, 1.807) is 11.1 Å². The first-order chi connectivity index (χ1) is 10.2. The smallest absolute Gasteiger partial charge is 0.0438 e. The molecule has 0 amide bonds. The van der Waals surface area contributed by atoms with Crippen LogP contribution in [0.4, 0.5) is 0 Å². The van der Waals surface area contributed by atoms with Gasteiger partial charge in [-0.3, -0.25) is 0 Å². The maximum atomic E-state index is 3.62. The molecule has 0 spiro atoms. The van der Waals surface area contributed by atoms with Crippen molar-refractivity contribution in [3.63, 3.8) is 0 Å². The van der Waals surface area contributed by atoms with Crippen LogP contribution in [-0.2, 0) is 12.8 Å². The molecule has 112 valence electrons. The summed E-state index contributed by atoms with van der Waals surface area (Å²) in [5, 5.41) is 3.62. The summed E-state index contributed by atoms with van der Waals surface area (Å²) in [7, 11) is 0. The van der Waals surface area contributed by atoms with Crippen LogP contribution in [-0.4, -0.2) is 6.54 Å². The highest BCUT2D eigenvalue weighted by molar-refractivity contribution is 7.15. The highest BCUT2D eigenvalue weighted by atomic mass is 32.1. The molecule has 1 unspecified atom stereocenters. The normalized spacial score (nSPS) is 15.4. The molecule has 21 heavy (non-hydrogen) atoms. The molecule has 0 saturated heterocycles. The van der Waals surface area contributed by atoms with Gasteiger partial charge >= 0.3 is 0 Å². The van der Waals surface area contributed by atoms with Crippen molar-refractivity contribution in [1.29, 1.82) is 0 Å². The fraction of sp³-hybridized carbons (Fsp3) is 0.474. The van der Waals surface area contributed by atoms with Gasteiger partial charge in [-0.15, -0.1) is 11.3 Å². The van der Waals surface area contributed by atoms with Crippen LogP contribution in [0.25, 0.3) is 10.4 Å². The molecule has 1 aromatic heterocycles. The zero-order valence-electron chi connectivity index (χ0n) is 13.3. The Morgan fingerprint density at radius 1 is 1.10 bits per heavy atom. The van der Waals surface area contributed by atoms with E-state index in [9.17, 15) is 0 Å². The molecule has 1 aliphatic carbocycles. The molecule has 0 saturated carbocycles. The van der Waals surface area contributed by atoms with Gasteiger partial charge in [0.05, 0.1) is 0 Å². The molecule has 1 N–H and O–H groups in total. The second kappa shape index (κ2) is 6.33. The summed E-state index contributed by atoms with van der Waals surface area (Å²) >= 11 is 1.95. The number of fused-ring (bicyclic) bond motifs is 1. The predicted octanol–water partition coefficient (Wildman–Crippen LogP) is 5.21. The van der Waals surface area contributed by atoms with Crippen molar-refractivity contribution < 1.29 is 0 Å². The Morgan fingerprint density at radius 3 is 2.67 bits per heavy atom. The molecule has 1 heterocycles. The minimum atomic E-state index is 0.475. The molecule has 1 aromatic carbocycles. The Kier molecular flexibility index (Phi) is 4.46. The third kappa shape index (κ3) is 3.07. The van der Waals surface area contributed by atoms with E-state index in [0.717, 1.165) is 6.54 Å². The van der Waals surface area contributed by atoms with Gasteiger partial charge in [-0.1, -0.05) is 39.0 Å². The summed E-state index contributed by atoms with van der Waals surface area (Å²) in [4.78, 5) is 2.87. The first-order valence-corrected chi connectivity index (χ1v) is 8.96. The maximum Gasteiger partial charge on any atom is 0.0438 e. The standard InChI is InChI=1S/C19H25NS/c1-4-20-19(13(2)3)18-11-10-17(21-18)16-9-8-14-6-5-7-15(14)12-16/h8-13,19-20H,4-7H2,1-3H3.